The number of hydrogen-bond donors (Lipinski definition) is 0. The Hall–Kier alpha value is -3.39. The molecule has 0 atom stereocenters. The zero-order valence-corrected chi connectivity index (χ0v) is 14.4. The number of nitrogens with zero attached hydrogens (tertiary/aromatic N) is 3. The summed E-state index contributed by atoms with van der Waals surface area (Å²) in [4.78, 5) is 30.5. The molecule has 3 aromatic rings. The SMILES string of the molecule is O=C(OCc1ccccc1)c1c(-c2nc(Cl)ncc2F)cccc1[N+](=O)[O-]. The van der Waals surface area contributed by atoms with E-state index in [4.69, 9.17) is 16.3 Å². The Morgan fingerprint density at radius 1 is 1.19 bits per heavy atom. The molecule has 0 unspecified atom stereocenters. The van der Waals surface area contributed by atoms with Crippen LogP contribution in [-0.4, -0.2) is 20.9 Å². The van der Waals surface area contributed by atoms with Crippen LogP contribution in [0.4, 0.5) is 10.1 Å². The Morgan fingerprint density at radius 2 is 1.93 bits per heavy atom. The molecule has 0 amide bonds. The van der Waals surface area contributed by atoms with Crippen molar-refractivity contribution in [2.75, 3.05) is 0 Å². The van der Waals surface area contributed by atoms with Crippen LogP contribution in [0.2, 0.25) is 5.28 Å². The fourth-order valence-electron chi connectivity index (χ4n) is 2.43. The van der Waals surface area contributed by atoms with Gasteiger partial charge in [-0.2, -0.15) is 0 Å². The van der Waals surface area contributed by atoms with Gasteiger partial charge < -0.3 is 4.74 Å². The summed E-state index contributed by atoms with van der Waals surface area (Å²) in [6.07, 6.45) is 0.822. The van der Waals surface area contributed by atoms with Crippen molar-refractivity contribution in [1.29, 1.82) is 0 Å². The maximum Gasteiger partial charge on any atom is 0.346 e. The first-order chi connectivity index (χ1) is 13.0. The van der Waals surface area contributed by atoms with Crippen LogP contribution in [0, 0.1) is 15.9 Å². The van der Waals surface area contributed by atoms with Gasteiger partial charge >= 0.3 is 5.97 Å². The summed E-state index contributed by atoms with van der Waals surface area (Å²) in [5.74, 6) is -1.85. The van der Waals surface area contributed by atoms with Crippen molar-refractivity contribution >= 4 is 23.3 Å². The third-order valence-electron chi connectivity index (χ3n) is 3.63. The van der Waals surface area contributed by atoms with Crippen LogP contribution in [0.5, 0.6) is 0 Å². The van der Waals surface area contributed by atoms with Gasteiger partial charge in [-0.05, 0) is 17.2 Å². The molecule has 0 saturated heterocycles. The van der Waals surface area contributed by atoms with Crippen molar-refractivity contribution in [1.82, 2.24) is 9.97 Å². The molecule has 1 heterocycles. The van der Waals surface area contributed by atoms with E-state index in [2.05, 4.69) is 9.97 Å². The standard InChI is InChI=1S/C18H11ClFN3O4/c19-18-21-9-13(20)16(22-18)12-7-4-8-14(23(25)26)15(12)17(24)27-10-11-5-2-1-3-6-11/h1-9H,10H2. The number of halogens is 2. The molecule has 0 radical (unpaired) electrons. The maximum atomic E-state index is 14.2. The average molecular weight is 388 g/mol. The van der Waals surface area contributed by atoms with Crippen LogP contribution < -0.4 is 0 Å². The van der Waals surface area contributed by atoms with Crippen LogP contribution >= 0.6 is 11.6 Å². The molecule has 0 aliphatic rings. The van der Waals surface area contributed by atoms with Crippen LogP contribution in [0.25, 0.3) is 11.3 Å². The second-order valence-electron chi connectivity index (χ2n) is 5.35. The minimum atomic E-state index is -0.977. The first-order valence-electron chi connectivity index (χ1n) is 7.64. The summed E-state index contributed by atoms with van der Waals surface area (Å²) in [5, 5.41) is 11.1. The number of carbonyl (C=O) groups is 1. The summed E-state index contributed by atoms with van der Waals surface area (Å²) >= 11 is 5.70. The second-order valence-corrected chi connectivity index (χ2v) is 5.69. The molecule has 27 heavy (non-hydrogen) atoms. The van der Waals surface area contributed by atoms with Gasteiger partial charge in [-0.1, -0.05) is 42.5 Å². The van der Waals surface area contributed by atoms with E-state index in [0.717, 1.165) is 12.3 Å². The number of ether oxygens (including phenoxy) is 1. The van der Waals surface area contributed by atoms with E-state index in [1.54, 1.807) is 30.3 Å². The number of nitro benzene ring substituents is 1. The van der Waals surface area contributed by atoms with E-state index < -0.39 is 28.0 Å². The van der Waals surface area contributed by atoms with Gasteiger partial charge in [0, 0.05) is 11.6 Å². The van der Waals surface area contributed by atoms with E-state index in [1.165, 1.54) is 12.1 Å². The lowest BCUT2D eigenvalue weighted by molar-refractivity contribution is -0.385. The van der Waals surface area contributed by atoms with Crippen LogP contribution in [0.15, 0.2) is 54.7 Å². The van der Waals surface area contributed by atoms with Gasteiger partial charge in [0.2, 0.25) is 5.28 Å². The minimum Gasteiger partial charge on any atom is -0.457 e. The molecule has 2 aromatic carbocycles. The zero-order valence-electron chi connectivity index (χ0n) is 13.6. The van der Waals surface area contributed by atoms with Gasteiger partial charge in [-0.3, -0.25) is 10.1 Å². The first-order valence-corrected chi connectivity index (χ1v) is 8.02. The average Bonchev–Trinajstić information content (AvgIpc) is 2.68. The summed E-state index contributed by atoms with van der Waals surface area (Å²) in [7, 11) is 0. The number of rotatable bonds is 5. The fourth-order valence-corrected chi connectivity index (χ4v) is 2.57. The van der Waals surface area contributed by atoms with Gasteiger partial charge in [0.1, 0.15) is 17.9 Å². The van der Waals surface area contributed by atoms with Gasteiger partial charge in [0.25, 0.3) is 5.69 Å². The Balaban J connectivity index is 2.05. The van der Waals surface area contributed by atoms with E-state index >= 15 is 0 Å². The maximum absolute atomic E-state index is 14.2. The van der Waals surface area contributed by atoms with Gasteiger partial charge in [0.05, 0.1) is 11.1 Å². The quantitative estimate of drug-likeness (QED) is 0.282. The summed E-state index contributed by atoms with van der Waals surface area (Å²) in [6.45, 7) is -0.0990. The summed E-state index contributed by atoms with van der Waals surface area (Å²) in [5.41, 5.74) is -0.677. The van der Waals surface area contributed by atoms with E-state index in [-0.39, 0.29) is 23.1 Å². The van der Waals surface area contributed by atoms with Crippen LogP contribution in [-0.2, 0) is 11.3 Å². The van der Waals surface area contributed by atoms with Crippen molar-refractivity contribution in [2.24, 2.45) is 0 Å². The lowest BCUT2D eigenvalue weighted by atomic mass is 10.0. The van der Waals surface area contributed by atoms with Crippen molar-refractivity contribution in [3.8, 4) is 11.3 Å². The Bertz CT molecular complexity index is 1010. The third-order valence-corrected chi connectivity index (χ3v) is 3.81. The molecular weight excluding hydrogens is 377 g/mol. The molecule has 3 rings (SSSR count). The Kier molecular flexibility index (Phi) is 5.37. The monoisotopic (exact) mass is 387 g/mol. The van der Waals surface area contributed by atoms with Crippen molar-refractivity contribution in [3.05, 3.63) is 87.1 Å². The van der Waals surface area contributed by atoms with E-state index in [0.29, 0.717) is 5.56 Å². The lowest BCUT2D eigenvalue weighted by Gasteiger charge is -2.10. The molecule has 0 N–H and O–H groups in total. The van der Waals surface area contributed by atoms with E-state index in [1.807, 2.05) is 0 Å². The zero-order chi connectivity index (χ0) is 19.4. The topological polar surface area (TPSA) is 95.2 Å². The number of hydrogen-bond acceptors (Lipinski definition) is 6. The highest BCUT2D eigenvalue weighted by atomic mass is 35.5. The minimum absolute atomic E-state index is 0.0990. The predicted molar refractivity (Wildman–Crippen MR) is 94.7 cm³/mol. The first kappa shape index (κ1) is 18.4. The van der Waals surface area contributed by atoms with Gasteiger partial charge in [0.15, 0.2) is 5.82 Å². The molecule has 7 nitrogen and oxygen atoms in total. The van der Waals surface area contributed by atoms with Gasteiger partial charge in [-0.25, -0.2) is 19.2 Å². The Labute approximate surface area is 157 Å². The van der Waals surface area contributed by atoms with Crippen molar-refractivity contribution in [3.63, 3.8) is 0 Å². The largest absolute Gasteiger partial charge is 0.457 e. The summed E-state index contributed by atoms with van der Waals surface area (Å²) < 4.78 is 19.4. The molecule has 0 bridgehead atoms. The van der Waals surface area contributed by atoms with Crippen molar-refractivity contribution < 1.29 is 18.8 Å². The highest BCUT2D eigenvalue weighted by Gasteiger charge is 2.28. The second kappa shape index (κ2) is 7.88. The predicted octanol–water partition coefficient (Wildman–Crippen LogP) is 4.20. The van der Waals surface area contributed by atoms with Crippen LogP contribution in [0.3, 0.4) is 0 Å². The highest BCUT2D eigenvalue weighted by Crippen LogP contribution is 2.32. The molecule has 0 spiro atoms. The third kappa shape index (κ3) is 4.06. The van der Waals surface area contributed by atoms with Gasteiger partial charge in [-0.15, -0.1) is 0 Å². The fraction of sp³-hybridized carbons (Fsp3) is 0.0556. The molecule has 1 aromatic heterocycles. The normalized spacial score (nSPS) is 10.4. The molecule has 0 aliphatic carbocycles. The molecule has 0 fully saturated rings. The van der Waals surface area contributed by atoms with Crippen molar-refractivity contribution in [2.45, 2.75) is 6.61 Å². The number of aromatic nitrogens is 2. The molecule has 9 heteroatoms. The molecule has 0 saturated carbocycles. The van der Waals surface area contributed by atoms with Crippen LogP contribution in [0.1, 0.15) is 15.9 Å². The number of benzene rings is 2. The Morgan fingerprint density at radius 3 is 2.63 bits per heavy atom. The smallest absolute Gasteiger partial charge is 0.346 e. The highest BCUT2D eigenvalue weighted by molar-refractivity contribution is 6.28. The lowest BCUT2D eigenvalue weighted by Crippen LogP contribution is -2.11. The number of nitro groups is 1. The number of carbonyl (C=O) groups excluding carboxylic acids is 1. The molecular formula is C18H11ClFN3O4. The van der Waals surface area contributed by atoms with E-state index in [9.17, 15) is 19.3 Å². The molecule has 0 aliphatic heterocycles. The number of esters is 1. The molecule has 136 valence electrons. The summed E-state index contributed by atoms with van der Waals surface area (Å²) in [6, 6.07) is 12.6.